The quantitative estimate of drug-likeness (QED) is 0.363. The van der Waals surface area contributed by atoms with Gasteiger partial charge < -0.3 is 14.6 Å². The van der Waals surface area contributed by atoms with E-state index in [-0.39, 0.29) is 23.0 Å². The molecule has 196 valence electrons. The van der Waals surface area contributed by atoms with Crippen molar-refractivity contribution in [3.8, 4) is 23.2 Å². The third-order valence-electron chi connectivity index (χ3n) is 5.81. The number of hydrogen-bond donors (Lipinski definition) is 1. The summed E-state index contributed by atoms with van der Waals surface area (Å²) in [6.07, 6.45) is 1.56. The zero-order chi connectivity index (χ0) is 27.4. The molecule has 4 aromatic rings. The summed E-state index contributed by atoms with van der Waals surface area (Å²) in [4.78, 5) is 22.0. The number of carbonyl (C=O) groups is 1. The van der Waals surface area contributed by atoms with Crippen LogP contribution in [-0.4, -0.2) is 36.9 Å². The van der Waals surface area contributed by atoms with Crippen LogP contribution < -0.4 is 10.1 Å². The molecule has 0 unspecified atom stereocenters. The first kappa shape index (κ1) is 26.5. The maximum absolute atomic E-state index is 13.1. The third-order valence-corrected chi connectivity index (χ3v) is 5.81. The molecule has 2 aromatic carbocycles. The van der Waals surface area contributed by atoms with E-state index in [0.717, 1.165) is 17.0 Å². The summed E-state index contributed by atoms with van der Waals surface area (Å²) < 4.78 is 12.4. The summed E-state index contributed by atoms with van der Waals surface area (Å²) in [7, 11) is 1.90. The van der Waals surface area contributed by atoms with E-state index in [9.17, 15) is 10.1 Å². The molecule has 10 heteroatoms. The minimum atomic E-state index is -0.551. The Kier molecular flexibility index (Phi) is 7.57. The van der Waals surface area contributed by atoms with Gasteiger partial charge >= 0.3 is 0 Å². The molecule has 0 bridgehead atoms. The molecule has 1 atom stereocenters. The summed E-state index contributed by atoms with van der Waals surface area (Å²) in [5, 5.41) is 21.0. The highest BCUT2D eigenvalue weighted by molar-refractivity contribution is 5.95. The molecule has 0 aliphatic heterocycles. The molecule has 38 heavy (non-hydrogen) atoms. The minimum Gasteiger partial charge on any atom is -0.490 e. The molecule has 2 heterocycles. The van der Waals surface area contributed by atoms with E-state index in [1.165, 1.54) is 12.5 Å². The highest BCUT2D eigenvalue weighted by Gasteiger charge is 2.23. The predicted molar refractivity (Wildman–Crippen MR) is 140 cm³/mol. The number of rotatable bonds is 8. The Balaban J connectivity index is 1.53. The Labute approximate surface area is 221 Å². The second-order valence-corrected chi connectivity index (χ2v) is 10.3. The number of aryl methyl sites for hydroxylation is 1. The van der Waals surface area contributed by atoms with Gasteiger partial charge in [0.1, 0.15) is 17.6 Å². The Bertz CT molecular complexity index is 1440. The molecule has 4 rings (SSSR count). The van der Waals surface area contributed by atoms with Gasteiger partial charge in [-0.1, -0.05) is 50.2 Å². The van der Waals surface area contributed by atoms with Crippen molar-refractivity contribution in [2.24, 2.45) is 7.05 Å². The van der Waals surface area contributed by atoms with Crippen molar-refractivity contribution in [1.82, 2.24) is 30.2 Å². The summed E-state index contributed by atoms with van der Waals surface area (Å²) in [5.74, 6) is 1.98. The van der Waals surface area contributed by atoms with Gasteiger partial charge in [-0.3, -0.25) is 9.48 Å². The van der Waals surface area contributed by atoms with E-state index in [2.05, 4.69) is 47.4 Å². The molecule has 2 aromatic heterocycles. The Hall–Kier alpha value is -4.52. The topological polar surface area (TPSA) is 132 Å². The van der Waals surface area contributed by atoms with E-state index in [1.807, 2.05) is 49.8 Å². The van der Waals surface area contributed by atoms with Crippen LogP contribution in [0.15, 0.2) is 53.4 Å². The fraction of sp³-hybridized carbons (Fsp3) is 0.357. The molecular formula is C28H31N7O3. The molecule has 0 spiro atoms. The second kappa shape index (κ2) is 10.8. The van der Waals surface area contributed by atoms with Crippen molar-refractivity contribution in [3.05, 3.63) is 77.2 Å². The number of carbonyl (C=O) groups excluding carboxylic acids is 1. The van der Waals surface area contributed by atoms with Crippen molar-refractivity contribution in [2.45, 2.75) is 58.6 Å². The van der Waals surface area contributed by atoms with Gasteiger partial charge in [-0.25, -0.2) is 4.98 Å². The Morgan fingerprint density at radius 1 is 1.18 bits per heavy atom. The Morgan fingerprint density at radius 2 is 1.92 bits per heavy atom. The number of amides is 1. The second-order valence-electron chi connectivity index (χ2n) is 10.3. The number of hydrogen-bond acceptors (Lipinski definition) is 8. The molecule has 1 amide bonds. The first-order chi connectivity index (χ1) is 18.0. The van der Waals surface area contributed by atoms with Gasteiger partial charge in [0.25, 0.3) is 5.91 Å². The van der Waals surface area contributed by atoms with Crippen LogP contribution in [0, 0.1) is 11.3 Å². The van der Waals surface area contributed by atoms with Crippen molar-refractivity contribution in [1.29, 1.82) is 5.26 Å². The molecule has 1 N–H and O–H groups in total. The average molecular weight is 514 g/mol. The van der Waals surface area contributed by atoms with E-state index in [4.69, 9.17) is 14.2 Å². The van der Waals surface area contributed by atoms with Crippen LogP contribution in [0.3, 0.4) is 0 Å². The minimum absolute atomic E-state index is 0.0928. The summed E-state index contributed by atoms with van der Waals surface area (Å²) in [6, 6.07) is 14.2. The maximum Gasteiger partial charge on any atom is 0.251 e. The molecule has 0 fully saturated rings. The van der Waals surface area contributed by atoms with Crippen molar-refractivity contribution >= 4 is 5.91 Å². The molecule has 0 aliphatic carbocycles. The van der Waals surface area contributed by atoms with Gasteiger partial charge in [-0.2, -0.15) is 15.3 Å². The molecule has 0 saturated carbocycles. The van der Waals surface area contributed by atoms with E-state index in [1.54, 1.807) is 12.1 Å². The smallest absolute Gasteiger partial charge is 0.251 e. The number of ether oxygens (including phenoxy) is 1. The van der Waals surface area contributed by atoms with Gasteiger partial charge in [-0.05, 0) is 37.6 Å². The lowest BCUT2D eigenvalue weighted by Crippen LogP contribution is -2.30. The summed E-state index contributed by atoms with van der Waals surface area (Å²) in [6.45, 7) is 10.1. The molecular weight excluding hydrogens is 482 g/mol. The first-order valence-corrected chi connectivity index (χ1v) is 12.3. The van der Waals surface area contributed by atoms with Crippen LogP contribution in [0.2, 0.25) is 0 Å². The number of nitriles is 1. The predicted octanol–water partition coefficient (Wildman–Crippen LogP) is 4.54. The number of nitrogens with one attached hydrogen (secondary N) is 1. The van der Waals surface area contributed by atoms with Gasteiger partial charge in [0.05, 0.1) is 17.7 Å². The highest BCUT2D eigenvalue weighted by atomic mass is 16.5. The van der Waals surface area contributed by atoms with Gasteiger partial charge in [0.15, 0.2) is 11.6 Å². The normalized spacial score (nSPS) is 12.3. The molecule has 10 nitrogen and oxygen atoms in total. The van der Waals surface area contributed by atoms with E-state index >= 15 is 0 Å². The molecule has 0 radical (unpaired) electrons. The largest absolute Gasteiger partial charge is 0.490 e. The van der Waals surface area contributed by atoms with Crippen LogP contribution in [0.25, 0.3) is 11.4 Å². The Morgan fingerprint density at radius 3 is 2.50 bits per heavy atom. The molecule has 0 saturated heterocycles. The van der Waals surface area contributed by atoms with Crippen LogP contribution in [-0.2, 0) is 18.9 Å². The zero-order valence-electron chi connectivity index (χ0n) is 22.4. The van der Waals surface area contributed by atoms with Crippen LogP contribution in [0.4, 0.5) is 0 Å². The van der Waals surface area contributed by atoms with Gasteiger partial charge in [-0.15, -0.1) is 0 Å². The van der Waals surface area contributed by atoms with Gasteiger partial charge in [0, 0.05) is 30.0 Å². The SMILES string of the molecule is CC(C)Oc1ccc(C(=O)N[C@@H](Cc2ccc(-c3nc(C(C)(C)C)n(C)n3)cc2)c2ncon2)cc1C#N. The highest BCUT2D eigenvalue weighted by Crippen LogP contribution is 2.25. The van der Waals surface area contributed by atoms with E-state index in [0.29, 0.717) is 29.4 Å². The monoisotopic (exact) mass is 513 g/mol. The van der Waals surface area contributed by atoms with E-state index < -0.39 is 6.04 Å². The van der Waals surface area contributed by atoms with Crippen LogP contribution in [0.1, 0.15) is 73.8 Å². The van der Waals surface area contributed by atoms with Crippen molar-refractivity contribution in [2.75, 3.05) is 0 Å². The summed E-state index contributed by atoms with van der Waals surface area (Å²) in [5.41, 5.74) is 2.35. The van der Waals surface area contributed by atoms with Gasteiger partial charge in [0.2, 0.25) is 6.39 Å². The lowest BCUT2D eigenvalue weighted by Gasteiger charge is -2.17. The number of nitrogens with zero attached hydrogens (tertiary/aromatic N) is 6. The molecule has 0 aliphatic rings. The number of aromatic nitrogens is 5. The van der Waals surface area contributed by atoms with Crippen molar-refractivity contribution in [3.63, 3.8) is 0 Å². The lowest BCUT2D eigenvalue weighted by atomic mass is 9.96. The first-order valence-electron chi connectivity index (χ1n) is 12.3. The third kappa shape index (κ3) is 6.06. The summed E-state index contributed by atoms with van der Waals surface area (Å²) >= 11 is 0. The standard InChI is InChI=1S/C28H31N7O3/c1-17(2)38-23-12-11-20(14-21(23)15-29)26(36)31-22(25-30-16-37-34-25)13-18-7-9-19(10-8-18)24-32-27(28(3,4)5)35(6)33-24/h7-12,14,16-17,22H,13H2,1-6H3,(H,31,36)/t22-/m0/s1. The fourth-order valence-corrected chi connectivity index (χ4v) is 4.08. The van der Waals surface area contributed by atoms with Crippen molar-refractivity contribution < 1.29 is 14.1 Å². The van der Waals surface area contributed by atoms with Crippen LogP contribution >= 0.6 is 0 Å². The van der Waals surface area contributed by atoms with Crippen LogP contribution in [0.5, 0.6) is 5.75 Å². The zero-order valence-corrected chi connectivity index (χ0v) is 22.4. The maximum atomic E-state index is 13.1. The average Bonchev–Trinajstić information content (AvgIpc) is 3.54. The lowest BCUT2D eigenvalue weighted by molar-refractivity contribution is 0.0934. The number of benzene rings is 2. The fourth-order valence-electron chi connectivity index (χ4n) is 4.08.